The molecule has 2 nitrogen and oxygen atoms in total. The molecule has 2 atom stereocenters. The Morgan fingerprint density at radius 2 is 1.67 bits per heavy atom. The molecule has 0 bridgehead atoms. The Balaban J connectivity index is 2.34. The Morgan fingerprint density at radius 3 is 2.00 bits per heavy atom. The number of hydrogen-bond acceptors (Lipinski definition) is 2. The molecule has 2 heteroatoms. The lowest BCUT2D eigenvalue weighted by Gasteiger charge is -2.29. The van der Waals surface area contributed by atoms with Crippen molar-refractivity contribution in [2.75, 3.05) is 0 Å². The molecule has 1 aliphatic rings. The molecule has 0 aromatic carbocycles. The van der Waals surface area contributed by atoms with Gasteiger partial charge in [-0.25, -0.2) is 0 Å². The highest BCUT2D eigenvalue weighted by Crippen LogP contribution is 2.16. The average molecular weight is 129 g/mol. The van der Waals surface area contributed by atoms with E-state index < -0.39 is 0 Å². The SMILES string of the molecule is CC1CC(N)CC(C)O1. The van der Waals surface area contributed by atoms with Crippen LogP contribution in [0, 0.1) is 0 Å². The van der Waals surface area contributed by atoms with Crippen LogP contribution in [0.5, 0.6) is 0 Å². The summed E-state index contributed by atoms with van der Waals surface area (Å²) in [5.41, 5.74) is 5.74. The molecule has 1 rings (SSSR count). The van der Waals surface area contributed by atoms with Crippen molar-refractivity contribution in [1.82, 2.24) is 0 Å². The molecule has 9 heavy (non-hydrogen) atoms. The van der Waals surface area contributed by atoms with E-state index in [9.17, 15) is 0 Å². The van der Waals surface area contributed by atoms with Crippen molar-refractivity contribution in [2.45, 2.75) is 44.9 Å². The van der Waals surface area contributed by atoms with Crippen LogP contribution < -0.4 is 5.73 Å². The maximum absolute atomic E-state index is 5.74. The number of hydrogen-bond donors (Lipinski definition) is 1. The largest absolute Gasteiger partial charge is 0.375 e. The van der Waals surface area contributed by atoms with Crippen molar-refractivity contribution in [3.8, 4) is 0 Å². The monoisotopic (exact) mass is 129 g/mol. The normalized spacial score (nSPS) is 45.0. The molecule has 1 heterocycles. The number of ether oxygens (including phenoxy) is 1. The van der Waals surface area contributed by atoms with E-state index in [2.05, 4.69) is 13.8 Å². The van der Waals surface area contributed by atoms with Crippen molar-refractivity contribution in [3.05, 3.63) is 0 Å². The first-order valence-electron chi connectivity index (χ1n) is 3.59. The van der Waals surface area contributed by atoms with Gasteiger partial charge in [0.2, 0.25) is 0 Å². The highest BCUT2D eigenvalue weighted by atomic mass is 16.5. The minimum absolute atomic E-state index is 0.365. The summed E-state index contributed by atoms with van der Waals surface area (Å²) < 4.78 is 5.48. The van der Waals surface area contributed by atoms with Crippen LogP contribution in [0.2, 0.25) is 0 Å². The molecule has 0 spiro atoms. The lowest BCUT2D eigenvalue weighted by molar-refractivity contribution is -0.0365. The Kier molecular flexibility index (Phi) is 2.09. The Labute approximate surface area is 56.4 Å². The van der Waals surface area contributed by atoms with Crippen LogP contribution in [0.4, 0.5) is 0 Å². The van der Waals surface area contributed by atoms with Crippen LogP contribution in [0.15, 0.2) is 0 Å². The summed E-state index contributed by atoms with van der Waals surface area (Å²) in [7, 11) is 0. The molecule has 1 fully saturated rings. The van der Waals surface area contributed by atoms with Crippen LogP contribution in [0.25, 0.3) is 0 Å². The van der Waals surface area contributed by atoms with E-state index in [0.717, 1.165) is 12.8 Å². The maximum atomic E-state index is 5.74. The van der Waals surface area contributed by atoms with E-state index in [1.807, 2.05) is 0 Å². The van der Waals surface area contributed by atoms with Gasteiger partial charge in [-0.05, 0) is 26.7 Å². The Bertz CT molecular complexity index is 69.9. The topological polar surface area (TPSA) is 35.2 Å². The van der Waals surface area contributed by atoms with Crippen LogP contribution >= 0.6 is 0 Å². The standard InChI is InChI=1S/C7H15NO/c1-5-3-7(8)4-6(2)9-5/h5-7H,3-4,8H2,1-2H3. The maximum Gasteiger partial charge on any atom is 0.0565 e. The van der Waals surface area contributed by atoms with E-state index in [1.165, 1.54) is 0 Å². The average Bonchev–Trinajstić information content (AvgIpc) is 1.59. The fourth-order valence-corrected chi connectivity index (χ4v) is 1.46. The zero-order chi connectivity index (χ0) is 6.85. The van der Waals surface area contributed by atoms with Crippen LogP contribution in [-0.4, -0.2) is 18.2 Å². The molecule has 0 saturated carbocycles. The highest BCUT2D eigenvalue weighted by Gasteiger charge is 2.20. The summed E-state index contributed by atoms with van der Waals surface area (Å²) >= 11 is 0. The molecule has 2 N–H and O–H groups in total. The van der Waals surface area contributed by atoms with Crippen molar-refractivity contribution in [1.29, 1.82) is 0 Å². The van der Waals surface area contributed by atoms with Gasteiger partial charge in [-0.3, -0.25) is 0 Å². The number of nitrogens with two attached hydrogens (primary N) is 1. The fourth-order valence-electron chi connectivity index (χ4n) is 1.46. The molecule has 1 aliphatic heterocycles. The third kappa shape index (κ3) is 1.95. The summed E-state index contributed by atoms with van der Waals surface area (Å²) in [4.78, 5) is 0. The first kappa shape index (κ1) is 7.03. The van der Waals surface area contributed by atoms with E-state index in [0.29, 0.717) is 18.2 Å². The molecule has 0 aromatic heterocycles. The van der Waals surface area contributed by atoms with E-state index in [1.54, 1.807) is 0 Å². The van der Waals surface area contributed by atoms with Gasteiger partial charge in [-0.2, -0.15) is 0 Å². The number of rotatable bonds is 0. The van der Waals surface area contributed by atoms with Crippen LogP contribution in [-0.2, 0) is 4.74 Å². The molecule has 0 aliphatic carbocycles. The first-order valence-corrected chi connectivity index (χ1v) is 3.59. The fraction of sp³-hybridized carbons (Fsp3) is 1.00. The van der Waals surface area contributed by atoms with Crippen molar-refractivity contribution < 1.29 is 4.74 Å². The zero-order valence-electron chi connectivity index (χ0n) is 6.13. The minimum Gasteiger partial charge on any atom is -0.375 e. The van der Waals surface area contributed by atoms with Gasteiger partial charge < -0.3 is 10.5 Å². The Morgan fingerprint density at radius 1 is 1.22 bits per heavy atom. The summed E-state index contributed by atoms with van der Waals surface area (Å²) in [5.74, 6) is 0. The second-order valence-corrected chi connectivity index (χ2v) is 2.99. The third-order valence-corrected chi connectivity index (χ3v) is 1.73. The lowest BCUT2D eigenvalue weighted by atomic mass is 10.0. The van der Waals surface area contributed by atoms with Gasteiger partial charge >= 0.3 is 0 Å². The van der Waals surface area contributed by atoms with Gasteiger partial charge in [0.25, 0.3) is 0 Å². The molecule has 54 valence electrons. The lowest BCUT2D eigenvalue weighted by Crippen LogP contribution is -2.37. The summed E-state index contributed by atoms with van der Waals surface area (Å²) in [6.07, 6.45) is 2.77. The second-order valence-electron chi connectivity index (χ2n) is 2.99. The molecule has 1 saturated heterocycles. The second kappa shape index (κ2) is 2.67. The van der Waals surface area contributed by atoms with Gasteiger partial charge in [-0.1, -0.05) is 0 Å². The predicted molar refractivity (Wildman–Crippen MR) is 37.2 cm³/mol. The predicted octanol–water partition coefficient (Wildman–Crippen LogP) is 0.901. The minimum atomic E-state index is 0.365. The van der Waals surface area contributed by atoms with E-state index in [4.69, 9.17) is 10.5 Å². The van der Waals surface area contributed by atoms with Crippen LogP contribution in [0.3, 0.4) is 0 Å². The van der Waals surface area contributed by atoms with E-state index >= 15 is 0 Å². The van der Waals surface area contributed by atoms with Crippen molar-refractivity contribution >= 4 is 0 Å². The third-order valence-electron chi connectivity index (χ3n) is 1.73. The molecule has 0 amide bonds. The van der Waals surface area contributed by atoms with Gasteiger partial charge in [0.1, 0.15) is 0 Å². The smallest absolute Gasteiger partial charge is 0.0565 e. The highest BCUT2D eigenvalue weighted by molar-refractivity contribution is 4.74. The van der Waals surface area contributed by atoms with Crippen molar-refractivity contribution in [3.63, 3.8) is 0 Å². The van der Waals surface area contributed by atoms with E-state index in [-0.39, 0.29) is 0 Å². The zero-order valence-corrected chi connectivity index (χ0v) is 6.13. The van der Waals surface area contributed by atoms with Gasteiger partial charge in [0.15, 0.2) is 0 Å². The van der Waals surface area contributed by atoms with Gasteiger partial charge in [-0.15, -0.1) is 0 Å². The Hall–Kier alpha value is -0.0800. The molecule has 2 unspecified atom stereocenters. The summed E-state index contributed by atoms with van der Waals surface area (Å²) in [6, 6.07) is 0.365. The summed E-state index contributed by atoms with van der Waals surface area (Å²) in [6.45, 7) is 4.16. The molecule has 0 radical (unpaired) electrons. The van der Waals surface area contributed by atoms with Crippen molar-refractivity contribution in [2.24, 2.45) is 5.73 Å². The van der Waals surface area contributed by atoms with Gasteiger partial charge in [0, 0.05) is 6.04 Å². The quantitative estimate of drug-likeness (QED) is 0.527. The summed E-state index contributed by atoms with van der Waals surface area (Å²) in [5, 5.41) is 0. The molecular formula is C7H15NO. The molecular weight excluding hydrogens is 114 g/mol. The van der Waals surface area contributed by atoms with Gasteiger partial charge in [0.05, 0.1) is 12.2 Å². The van der Waals surface area contributed by atoms with Crippen LogP contribution in [0.1, 0.15) is 26.7 Å². The molecule has 0 aromatic rings. The first-order chi connectivity index (χ1) is 4.18.